The predicted octanol–water partition coefficient (Wildman–Crippen LogP) is 2.97. The van der Waals surface area contributed by atoms with E-state index in [1.54, 1.807) is 11.3 Å². The summed E-state index contributed by atoms with van der Waals surface area (Å²) in [6.07, 6.45) is 5.78. The Kier molecular flexibility index (Phi) is 3.39. The van der Waals surface area contributed by atoms with Gasteiger partial charge in [0.2, 0.25) is 0 Å². The predicted molar refractivity (Wildman–Crippen MR) is 71.6 cm³/mol. The summed E-state index contributed by atoms with van der Waals surface area (Å²) in [6.45, 7) is 0.807. The van der Waals surface area contributed by atoms with Crippen LogP contribution in [0.15, 0.2) is 16.8 Å². The normalized spacial score (nSPS) is 32.3. The van der Waals surface area contributed by atoms with Gasteiger partial charge in [-0.05, 0) is 47.6 Å². The van der Waals surface area contributed by atoms with E-state index in [1.807, 2.05) is 0 Å². The number of carbonyl (C=O) groups is 1. The van der Waals surface area contributed by atoms with E-state index in [0.717, 1.165) is 13.0 Å². The van der Waals surface area contributed by atoms with Crippen LogP contribution in [0.25, 0.3) is 0 Å². The fraction of sp³-hybridized carbons (Fsp3) is 0.643. The Morgan fingerprint density at radius 2 is 2.28 bits per heavy atom. The molecule has 3 rings (SSSR count). The number of aliphatic carboxylic acids is 1. The average molecular weight is 265 g/mol. The number of likely N-dealkylation sites (tertiary alicyclic amines) is 1. The van der Waals surface area contributed by atoms with Crippen LogP contribution in [-0.4, -0.2) is 28.1 Å². The molecular formula is C14H19NO2S. The molecule has 3 atom stereocenters. The van der Waals surface area contributed by atoms with E-state index < -0.39 is 5.97 Å². The molecule has 3 unspecified atom stereocenters. The first kappa shape index (κ1) is 12.2. The first-order chi connectivity index (χ1) is 8.75. The second-order valence-electron chi connectivity index (χ2n) is 5.51. The zero-order valence-electron chi connectivity index (χ0n) is 10.4. The van der Waals surface area contributed by atoms with Crippen LogP contribution < -0.4 is 0 Å². The smallest absolute Gasteiger partial charge is 0.320 e. The minimum atomic E-state index is -0.639. The van der Waals surface area contributed by atoms with Crippen molar-refractivity contribution in [1.29, 1.82) is 0 Å². The molecular weight excluding hydrogens is 246 g/mol. The third-order valence-corrected chi connectivity index (χ3v) is 5.18. The molecule has 1 saturated heterocycles. The molecule has 2 aliphatic rings. The van der Waals surface area contributed by atoms with Crippen LogP contribution in [0.2, 0.25) is 0 Å². The highest BCUT2D eigenvalue weighted by Gasteiger charge is 2.44. The lowest BCUT2D eigenvalue weighted by Gasteiger charge is -2.32. The highest BCUT2D eigenvalue weighted by molar-refractivity contribution is 7.07. The van der Waals surface area contributed by atoms with Crippen molar-refractivity contribution in [2.75, 3.05) is 0 Å². The van der Waals surface area contributed by atoms with Gasteiger partial charge >= 0.3 is 5.97 Å². The summed E-state index contributed by atoms with van der Waals surface area (Å²) >= 11 is 1.69. The van der Waals surface area contributed by atoms with Crippen LogP contribution in [0.1, 0.15) is 37.7 Å². The van der Waals surface area contributed by atoms with Gasteiger partial charge in [0.05, 0.1) is 0 Å². The minimum absolute atomic E-state index is 0.266. The van der Waals surface area contributed by atoms with Gasteiger partial charge in [-0.15, -0.1) is 0 Å². The Bertz CT molecular complexity index is 417. The van der Waals surface area contributed by atoms with Crippen molar-refractivity contribution in [2.45, 2.75) is 50.7 Å². The Hall–Kier alpha value is -0.870. The molecule has 0 spiro atoms. The molecule has 98 valence electrons. The molecule has 1 aromatic heterocycles. The summed E-state index contributed by atoms with van der Waals surface area (Å²) in [5.74, 6) is -0.0295. The van der Waals surface area contributed by atoms with Crippen molar-refractivity contribution in [3.05, 3.63) is 22.4 Å². The molecule has 1 N–H and O–H groups in total. The van der Waals surface area contributed by atoms with E-state index >= 15 is 0 Å². The SMILES string of the molecule is O=C(O)C1CC2CCCCC2N1Cc1ccsc1. The van der Waals surface area contributed by atoms with Crippen LogP contribution in [0.5, 0.6) is 0 Å². The largest absolute Gasteiger partial charge is 0.480 e. The first-order valence-corrected chi connectivity index (χ1v) is 7.69. The molecule has 0 radical (unpaired) electrons. The Morgan fingerprint density at radius 1 is 1.44 bits per heavy atom. The van der Waals surface area contributed by atoms with Crippen molar-refractivity contribution in [2.24, 2.45) is 5.92 Å². The molecule has 4 heteroatoms. The molecule has 0 aromatic carbocycles. The highest BCUT2D eigenvalue weighted by Crippen LogP contribution is 2.40. The summed E-state index contributed by atoms with van der Waals surface area (Å²) in [4.78, 5) is 13.7. The number of carboxylic acid groups (broad SMARTS) is 1. The lowest BCUT2D eigenvalue weighted by Crippen LogP contribution is -2.41. The van der Waals surface area contributed by atoms with Crippen LogP contribution >= 0.6 is 11.3 Å². The quantitative estimate of drug-likeness (QED) is 0.913. The maximum atomic E-state index is 11.4. The van der Waals surface area contributed by atoms with Gasteiger partial charge in [-0.25, -0.2) is 0 Å². The van der Waals surface area contributed by atoms with Crippen molar-refractivity contribution >= 4 is 17.3 Å². The number of hydrogen-bond acceptors (Lipinski definition) is 3. The lowest BCUT2D eigenvalue weighted by atomic mass is 9.85. The molecule has 18 heavy (non-hydrogen) atoms. The van der Waals surface area contributed by atoms with Crippen LogP contribution in [0, 0.1) is 5.92 Å². The fourth-order valence-electron chi connectivity index (χ4n) is 3.62. The van der Waals surface area contributed by atoms with Crippen molar-refractivity contribution in [3.8, 4) is 0 Å². The van der Waals surface area contributed by atoms with E-state index in [2.05, 4.69) is 21.7 Å². The number of carboxylic acids is 1. The average Bonchev–Trinajstić information content (AvgIpc) is 2.98. The van der Waals surface area contributed by atoms with E-state index in [0.29, 0.717) is 12.0 Å². The summed E-state index contributed by atoms with van der Waals surface area (Å²) in [7, 11) is 0. The number of thiophene rings is 1. The Labute approximate surface area is 111 Å². The second-order valence-corrected chi connectivity index (χ2v) is 6.29. The molecule has 1 aliphatic heterocycles. The zero-order valence-corrected chi connectivity index (χ0v) is 11.2. The fourth-order valence-corrected chi connectivity index (χ4v) is 4.28. The van der Waals surface area contributed by atoms with E-state index in [-0.39, 0.29) is 6.04 Å². The third kappa shape index (κ3) is 2.19. The van der Waals surface area contributed by atoms with Gasteiger partial charge in [-0.2, -0.15) is 11.3 Å². The lowest BCUT2D eigenvalue weighted by molar-refractivity contribution is -0.142. The van der Waals surface area contributed by atoms with Crippen molar-refractivity contribution < 1.29 is 9.90 Å². The highest BCUT2D eigenvalue weighted by atomic mass is 32.1. The molecule has 0 bridgehead atoms. The molecule has 2 heterocycles. The van der Waals surface area contributed by atoms with Crippen molar-refractivity contribution in [3.63, 3.8) is 0 Å². The van der Waals surface area contributed by atoms with Gasteiger partial charge in [0.25, 0.3) is 0 Å². The molecule has 1 saturated carbocycles. The van der Waals surface area contributed by atoms with E-state index in [4.69, 9.17) is 0 Å². The summed E-state index contributed by atoms with van der Waals surface area (Å²) < 4.78 is 0. The first-order valence-electron chi connectivity index (χ1n) is 6.75. The molecule has 1 aliphatic carbocycles. The maximum absolute atomic E-state index is 11.4. The van der Waals surface area contributed by atoms with Crippen LogP contribution in [0.4, 0.5) is 0 Å². The molecule has 2 fully saturated rings. The van der Waals surface area contributed by atoms with Gasteiger partial charge in [0.1, 0.15) is 6.04 Å². The van der Waals surface area contributed by atoms with Gasteiger partial charge in [0.15, 0.2) is 0 Å². The van der Waals surface area contributed by atoms with Gasteiger partial charge in [-0.1, -0.05) is 12.8 Å². The van der Waals surface area contributed by atoms with Gasteiger partial charge < -0.3 is 5.11 Å². The molecule has 0 amide bonds. The summed E-state index contributed by atoms with van der Waals surface area (Å²) in [5.41, 5.74) is 1.26. The minimum Gasteiger partial charge on any atom is -0.480 e. The molecule has 3 nitrogen and oxygen atoms in total. The van der Waals surface area contributed by atoms with E-state index in [9.17, 15) is 9.90 Å². The number of hydrogen-bond donors (Lipinski definition) is 1. The van der Waals surface area contributed by atoms with Crippen molar-refractivity contribution in [1.82, 2.24) is 4.90 Å². The maximum Gasteiger partial charge on any atom is 0.320 e. The van der Waals surface area contributed by atoms with Gasteiger partial charge in [-0.3, -0.25) is 9.69 Å². The Morgan fingerprint density at radius 3 is 3.00 bits per heavy atom. The monoisotopic (exact) mass is 265 g/mol. The van der Waals surface area contributed by atoms with E-state index in [1.165, 1.54) is 31.2 Å². The van der Waals surface area contributed by atoms with Crippen LogP contribution in [0.3, 0.4) is 0 Å². The number of nitrogens with zero attached hydrogens (tertiary/aromatic N) is 1. The zero-order chi connectivity index (χ0) is 12.5. The third-order valence-electron chi connectivity index (χ3n) is 4.45. The van der Waals surface area contributed by atoms with Gasteiger partial charge in [0, 0.05) is 12.6 Å². The number of fused-ring (bicyclic) bond motifs is 1. The summed E-state index contributed by atoms with van der Waals surface area (Å²) in [6, 6.07) is 2.34. The summed E-state index contributed by atoms with van der Waals surface area (Å²) in [5, 5.41) is 13.6. The number of rotatable bonds is 3. The van der Waals surface area contributed by atoms with Crippen LogP contribution in [-0.2, 0) is 11.3 Å². The Balaban J connectivity index is 1.80. The molecule has 1 aromatic rings. The second kappa shape index (κ2) is 5.02. The standard InChI is InChI=1S/C14H19NO2S/c16-14(17)13-7-11-3-1-2-4-12(11)15(13)8-10-5-6-18-9-10/h5-6,9,11-13H,1-4,7-8H2,(H,16,17). The topological polar surface area (TPSA) is 40.5 Å².